The first-order chi connectivity index (χ1) is 22.9. The van der Waals surface area contributed by atoms with E-state index in [1.165, 1.54) is 21.9 Å². The highest BCUT2D eigenvalue weighted by Gasteiger charge is 2.20. The summed E-state index contributed by atoms with van der Waals surface area (Å²) in [6.45, 7) is 4.68. The molecule has 6 aromatic rings. The quantitative estimate of drug-likeness (QED) is 0.118. The second kappa shape index (κ2) is 13.7. The molecule has 0 N–H and O–H groups in total. The standard InChI is InChI=1S/C34H30N6O6S/c1-4-17-46-28-14-11-22(18-29(28)44-3)12-16-31-35-34-39(36-31)33(41)30(47-34)20-24-21-38(25-9-7-6-8-10-25)37-32(24)23-13-15-27(45-5-2)26(19-23)40(42)43/h6-16,18-21H,4-5,17H2,1-3H3/b16-12+,30-20-. The number of rotatable bonds is 12. The van der Waals surface area contributed by atoms with Crippen LogP contribution in [0, 0.1) is 10.1 Å². The number of nitrogens with zero attached hydrogens (tertiary/aromatic N) is 6. The zero-order valence-electron chi connectivity index (χ0n) is 25.8. The summed E-state index contributed by atoms with van der Waals surface area (Å²) in [7, 11) is 1.59. The minimum atomic E-state index is -0.485. The molecule has 13 heteroatoms. The van der Waals surface area contributed by atoms with Gasteiger partial charge in [-0.25, -0.2) is 4.68 Å². The van der Waals surface area contributed by atoms with E-state index in [4.69, 9.17) is 19.3 Å². The zero-order valence-corrected chi connectivity index (χ0v) is 26.6. The van der Waals surface area contributed by atoms with Gasteiger partial charge in [-0.15, -0.1) is 5.10 Å². The number of methoxy groups -OCH3 is 1. The lowest BCUT2D eigenvalue weighted by Crippen LogP contribution is -2.23. The van der Waals surface area contributed by atoms with Crippen LogP contribution in [0.1, 0.15) is 37.2 Å². The number of nitro groups is 1. The molecule has 0 amide bonds. The summed E-state index contributed by atoms with van der Waals surface area (Å²) >= 11 is 1.19. The fraction of sp³-hybridized carbons (Fsp3) is 0.176. The first-order valence-corrected chi connectivity index (χ1v) is 15.7. The van der Waals surface area contributed by atoms with Gasteiger partial charge in [-0.1, -0.05) is 48.6 Å². The molecular formula is C34H30N6O6S. The molecular weight excluding hydrogens is 620 g/mol. The summed E-state index contributed by atoms with van der Waals surface area (Å²) < 4.78 is 20.0. The first kappa shape index (κ1) is 31.2. The second-order valence-corrected chi connectivity index (χ2v) is 11.3. The van der Waals surface area contributed by atoms with Crippen molar-refractivity contribution >= 4 is 40.2 Å². The number of ether oxygens (including phenoxy) is 3. The van der Waals surface area contributed by atoms with Crippen LogP contribution in [0.2, 0.25) is 0 Å². The summed E-state index contributed by atoms with van der Waals surface area (Å²) in [5.74, 6) is 1.84. The SMILES string of the molecule is CCCOc1ccc(/C=C/c2nc3s/c(=C\c4cn(-c5ccccc5)nc4-c4ccc(OCC)c([N+](=O)[O-])c4)c(=O)n3n2)cc1OC. The van der Waals surface area contributed by atoms with Gasteiger partial charge in [0.05, 0.1) is 35.5 Å². The molecule has 47 heavy (non-hydrogen) atoms. The van der Waals surface area contributed by atoms with E-state index in [2.05, 4.69) is 10.1 Å². The third-order valence-corrected chi connectivity index (χ3v) is 8.01. The molecule has 0 aliphatic heterocycles. The summed E-state index contributed by atoms with van der Waals surface area (Å²) in [5.41, 5.74) is 2.69. The molecule has 6 rings (SSSR count). The summed E-state index contributed by atoms with van der Waals surface area (Å²) in [5, 5.41) is 21.0. The van der Waals surface area contributed by atoms with E-state index in [1.54, 1.807) is 49.2 Å². The maximum Gasteiger partial charge on any atom is 0.311 e. The van der Waals surface area contributed by atoms with Crippen molar-refractivity contribution < 1.29 is 19.1 Å². The third kappa shape index (κ3) is 6.60. The molecule has 0 aliphatic rings. The number of nitro benzene ring substituents is 1. The van der Waals surface area contributed by atoms with E-state index >= 15 is 0 Å². The minimum Gasteiger partial charge on any atom is -0.493 e. The molecule has 12 nitrogen and oxygen atoms in total. The molecule has 3 aromatic carbocycles. The molecule has 0 spiro atoms. The summed E-state index contributed by atoms with van der Waals surface area (Å²) in [6.07, 6.45) is 7.94. The monoisotopic (exact) mass is 650 g/mol. The maximum atomic E-state index is 13.5. The number of aromatic nitrogens is 5. The molecule has 0 bridgehead atoms. The molecule has 0 fully saturated rings. The Bertz CT molecular complexity index is 2210. The van der Waals surface area contributed by atoms with Crippen LogP contribution in [-0.2, 0) is 0 Å². The molecule has 0 unspecified atom stereocenters. The lowest BCUT2D eigenvalue weighted by molar-refractivity contribution is -0.385. The van der Waals surface area contributed by atoms with Gasteiger partial charge in [-0.3, -0.25) is 14.9 Å². The lowest BCUT2D eigenvalue weighted by Gasteiger charge is -2.10. The van der Waals surface area contributed by atoms with Crippen molar-refractivity contribution in [3.63, 3.8) is 0 Å². The van der Waals surface area contributed by atoms with Gasteiger partial charge in [-0.2, -0.15) is 14.6 Å². The molecule has 0 aliphatic carbocycles. The number of benzene rings is 3. The summed E-state index contributed by atoms with van der Waals surface area (Å²) in [4.78, 5) is 29.8. The van der Waals surface area contributed by atoms with Crippen molar-refractivity contribution in [2.24, 2.45) is 0 Å². The zero-order chi connectivity index (χ0) is 32.9. The van der Waals surface area contributed by atoms with Crippen molar-refractivity contribution in [1.82, 2.24) is 24.4 Å². The second-order valence-electron chi connectivity index (χ2n) is 10.3. The van der Waals surface area contributed by atoms with Gasteiger partial charge in [0.15, 0.2) is 23.1 Å². The van der Waals surface area contributed by atoms with Gasteiger partial charge < -0.3 is 14.2 Å². The minimum absolute atomic E-state index is 0.170. The van der Waals surface area contributed by atoms with Gasteiger partial charge >= 0.3 is 5.69 Å². The molecule has 0 saturated carbocycles. The largest absolute Gasteiger partial charge is 0.493 e. The van der Waals surface area contributed by atoms with Crippen LogP contribution in [-0.4, -0.2) is 49.6 Å². The van der Waals surface area contributed by atoms with Crippen LogP contribution in [0.4, 0.5) is 5.69 Å². The van der Waals surface area contributed by atoms with E-state index in [9.17, 15) is 14.9 Å². The first-order valence-electron chi connectivity index (χ1n) is 14.9. The van der Waals surface area contributed by atoms with Crippen LogP contribution >= 0.6 is 11.3 Å². The average molecular weight is 651 g/mol. The summed E-state index contributed by atoms with van der Waals surface area (Å²) in [6, 6.07) is 19.8. The van der Waals surface area contributed by atoms with Gasteiger partial charge in [-0.05, 0) is 67.5 Å². The Morgan fingerprint density at radius 1 is 0.957 bits per heavy atom. The molecule has 3 aromatic heterocycles. The smallest absolute Gasteiger partial charge is 0.311 e. The Morgan fingerprint density at radius 3 is 2.49 bits per heavy atom. The van der Waals surface area contributed by atoms with E-state index in [1.807, 2.05) is 61.5 Å². The van der Waals surface area contributed by atoms with Crippen LogP contribution in [0.5, 0.6) is 17.2 Å². The van der Waals surface area contributed by atoms with E-state index in [-0.39, 0.29) is 23.6 Å². The fourth-order valence-electron chi connectivity index (χ4n) is 4.87. The van der Waals surface area contributed by atoms with E-state index in [0.29, 0.717) is 50.2 Å². The van der Waals surface area contributed by atoms with Gasteiger partial charge in [0.2, 0.25) is 4.96 Å². The Hall–Kier alpha value is -5.82. The predicted molar refractivity (Wildman–Crippen MR) is 180 cm³/mol. The van der Waals surface area contributed by atoms with Gasteiger partial charge in [0, 0.05) is 23.4 Å². The molecule has 0 atom stereocenters. The number of hydrogen-bond donors (Lipinski definition) is 0. The van der Waals surface area contributed by atoms with Crippen LogP contribution < -0.4 is 24.3 Å². The van der Waals surface area contributed by atoms with Crippen molar-refractivity contribution in [3.05, 3.63) is 115 Å². The molecule has 238 valence electrons. The van der Waals surface area contributed by atoms with Crippen LogP contribution in [0.3, 0.4) is 0 Å². The maximum absolute atomic E-state index is 13.5. The van der Waals surface area contributed by atoms with Crippen LogP contribution in [0.15, 0.2) is 77.7 Å². The van der Waals surface area contributed by atoms with Crippen molar-refractivity contribution in [1.29, 1.82) is 0 Å². The van der Waals surface area contributed by atoms with E-state index in [0.717, 1.165) is 17.7 Å². The van der Waals surface area contributed by atoms with Gasteiger partial charge in [0.25, 0.3) is 5.56 Å². The lowest BCUT2D eigenvalue weighted by atomic mass is 10.1. The van der Waals surface area contributed by atoms with Crippen molar-refractivity contribution in [3.8, 4) is 34.2 Å². The Morgan fingerprint density at radius 2 is 1.77 bits per heavy atom. The number of para-hydroxylation sites is 1. The molecule has 3 heterocycles. The normalized spacial score (nSPS) is 11.9. The highest BCUT2D eigenvalue weighted by atomic mass is 32.1. The number of hydrogen-bond acceptors (Lipinski definition) is 10. The van der Waals surface area contributed by atoms with Crippen molar-refractivity contribution in [2.45, 2.75) is 20.3 Å². The molecule has 0 radical (unpaired) electrons. The average Bonchev–Trinajstić information content (AvgIpc) is 3.78. The third-order valence-electron chi connectivity index (χ3n) is 7.05. The molecule has 0 saturated heterocycles. The predicted octanol–water partition coefficient (Wildman–Crippen LogP) is 5.83. The Kier molecular flexibility index (Phi) is 9.06. The van der Waals surface area contributed by atoms with Gasteiger partial charge in [0.1, 0.15) is 5.69 Å². The highest BCUT2D eigenvalue weighted by molar-refractivity contribution is 7.15. The fourth-order valence-corrected chi connectivity index (χ4v) is 5.77. The highest BCUT2D eigenvalue weighted by Crippen LogP contribution is 2.34. The van der Waals surface area contributed by atoms with Crippen LogP contribution in [0.25, 0.3) is 40.1 Å². The Labute approximate surface area is 272 Å². The number of thiazole rings is 1. The number of fused-ring (bicyclic) bond motifs is 1. The topological polar surface area (TPSA) is 136 Å². The van der Waals surface area contributed by atoms with Crippen molar-refractivity contribution in [2.75, 3.05) is 20.3 Å². The van der Waals surface area contributed by atoms with E-state index < -0.39 is 4.92 Å². The Balaban J connectivity index is 1.36.